The van der Waals surface area contributed by atoms with Crippen molar-refractivity contribution in [3.8, 4) is 5.75 Å². The predicted octanol–water partition coefficient (Wildman–Crippen LogP) is 0.952. The van der Waals surface area contributed by atoms with Gasteiger partial charge in [0.2, 0.25) is 0 Å². The van der Waals surface area contributed by atoms with Crippen LogP contribution in [-0.4, -0.2) is 23.3 Å². The van der Waals surface area contributed by atoms with E-state index in [1.165, 1.54) is 13.2 Å². The monoisotopic (exact) mass is 200 g/mol. The number of hydrogen-bond donors (Lipinski definition) is 2. The summed E-state index contributed by atoms with van der Waals surface area (Å²) in [4.78, 5) is 10.4. The van der Waals surface area contributed by atoms with Crippen LogP contribution in [0.5, 0.6) is 5.75 Å². The van der Waals surface area contributed by atoms with Gasteiger partial charge in [-0.3, -0.25) is 0 Å². The Bertz CT molecular complexity index is 351. The van der Waals surface area contributed by atoms with Crippen molar-refractivity contribution in [2.24, 2.45) is 0 Å². The van der Waals surface area contributed by atoms with Gasteiger partial charge in [0.25, 0.3) is 0 Å². The molecule has 0 amide bonds. The lowest BCUT2D eigenvalue weighted by Gasteiger charge is -2.08. The standard InChI is InChI=1S/C9H9FO4/c1-14-7-4-5(2-3-6(7)10)8(11)9(12)13/h2-4,8,11H,1H3,(H,12,13)/t8-/m0/s1. The molecular formula is C9H9FO4. The Morgan fingerprint density at radius 2 is 2.21 bits per heavy atom. The zero-order chi connectivity index (χ0) is 10.7. The Hall–Kier alpha value is -1.62. The topological polar surface area (TPSA) is 66.8 Å². The molecule has 0 heterocycles. The summed E-state index contributed by atoms with van der Waals surface area (Å²) in [6.07, 6.45) is -1.66. The first-order valence-electron chi connectivity index (χ1n) is 3.80. The smallest absolute Gasteiger partial charge is 0.337 e. The Kier molecular flexibility index (Phi) is 3.03. The first kappa shape index (κ1) is 10.5. The zero-order valence-corrected chi connectivity index (χ0v) is 7.40. The fourth-order valence-corrected chi connectivity index (χ4v) is 0.989. The molecule has 1 rings (SSSR count). The molecule has 14 heavy (non-hydrogen) atoms. The molecule has 0 aliphatic heterocycles. The van der Waals surface area contributed by atoms with Crippen molar-refractivity contribution >= 4 is 5.97 Å². The van der Waals surface area contributed by atoms with E-state index in [0.717, 1.165) is 12.1 Å². The van der Waals surface area contributed by atoms with Crippen LogP contribution in [0.25, 0.3) is 0 Å². The van der Waals surface area contributed by atoms with Crippen molar-refractivity contribution in [3.63, 3.8) is 0 Å². The van der Waals surface area contributed by atoms with Crippen molar-refractivity contribution in [1.29, 1.82) is 0 Å². The summed E-state index contributed by atoms with van der Waals surface area (Å²) in [6, 6.07) is 3.38. The molecule has 0 saturated heterocycles. The van der Waals surface area contributed by atoms with Crippen molar-refractivity contribution in [3.05, 3.63) is 29.6 Å². The fraction of sp³-hybridized carbons (Fsp3) is 0.222. The van der Waals surface area contributed by atoms with Crippen LogP contribution in [0.4, 0.5) is 4.39 Å². The quantitative estimate of drug-likeness (QED) is 0.762. The minimum atomic E-state index is -1.66. The Labute approximate surface area is 79.6 Å². The summed E-state index contributed by atoms with van der Waals surface area (Å²) in [5.41, 5.74) is 0.0794. The molecule has 2 N–H and O–H groups in total. The van der Waals surface area contributed by atoms with E-state index < -0.39 is 17.9 Å². The highest BCUT2D eigenvalue weighted by atomic mass is 19.1. The number of aliphatic hydroxyl groups is 1. The first-order valence-corrected chi connectivity index (χ1v) is 3.80. The first-order chi connectivity index (χ1) is 6.56. The Morgan fingerprint density at radius 1 is 1.57 bits per heavy atom. The van der Waals surface area contributed by atoms with Crippen LogP contribution in [0, 0.1) is 5.82 Å². The number of carboxylic acid groups (broad SMARTS) is 1. The highest BCUT2D eigenvalue weighted by Gasteiger charge is 2.17. The number of ether oxygens (including phenoxy) is 1. The van der Waals surface area contributed by atoms with Crippen LogP contribution < -0.4 is 4.74 Å². The van der Waals surface area contributed by atoms with Gasteiger partial charge in [-0.25, -0.2) is 9.18 Å². The lowest BCUT2D eigenvalue weighted by Crippen LogP contribution is -2.10. The van der Waals surface area contributed by atoms with E-state index in [2.05, 4.69) is 4.74 Å². The van der Waals surface area contributed by atoms with Gasteiger partial charge in [-0.1, -0.05) is 6.07 Å². The van der Waals surface area contributed by atoms with Crippen molar-refractivity contribution in [2.45, 2.75) is 6.10 Å². The van der Waals surface area contributed by atoms with Crippen LogP contribution in [0.1, 0.15) is 11.7 Å². The summed E-state index contributed by atoms with van der Waals surface area (Å²) >= 11 is 0. The third-order valence-corrected chi connectivity index (χ3v) is 1.72. The molecule has 0 aliphatic carbocycles. The Balaban J connectivity index is 3.06. The molecule has 1 atom stereocenters. The van der Waals surface area contributed by atoms with Gasteiger partial charge in [-0.2, -0.15) is 0 Å². The minimum absolute atomic E-state index is 0.0794. The van der Waals surface area contributed by atoms with Crippen molar-refractivity contribution < 1.29 is 24.1 Å². The highest BCUT2D eigenvalue weighted by Crippen LogP contribution is 2.22. The van der Waals surface area contributed by atoms with E-state index in [1.807, 2.05) is 0 Å². The molecule has 1 aromatic carbocycles. The van der Waals surface area contributed by atoms with Crippen LogP contribution in [0.3, 0.4) is 0 Å². The number of hydrogen-bond acceptors (Lipinski definition) is 3. The second-order valence-electron chi connectivity index (χ2n) is 2.63. The second kappa shape index (κ2) is 4.06. The SMILES string of the molecule is COc1cc([C@H](O)C(=O)O)ccc1F. The summed E-state index contributed by atoms with van der Waals surface area (Å²) in [5, 5.41) is 17.6. The molecular weight excluding hydrogens is 191 g/mol. The van der Waals surface area contributed by atoms with Crippen molar-refractivity contribution in [2.75, 3.05) is 7.11 Å². The molecule has 0 spiro atoms. The normalized spacial score (nSPS) is 12.2. The minimum Gasteiger partial charge on any atom is -0.494 e. The number of halogens is 1. The molecule has 76 valence electrons. The van der Waals surface area contributed by atoms with Gasteiger partial charge in [-0.05, 0) is 17.7 Å². The number of carboxylic acids is 1. The fourth-order valence-electron chi connectivity index (χ4n) is 0.989. The Morgan fingerprint density at radius 3 is 2.71 bits per heavy atom. The third kappa shape index (κ3) is 2.00. The number of carbonyl (C=O) groups is 1. The molecule has 1 aromatic rings. The summed E-state index contributed by atoms with van der Waals surface area (Å²) in [6.45, 7) is 0. The van der Waals surface area contributed by atoms with E-state index in [9.17, 15) is 9.18 Å². The van der Waals surface area contributed by atoms with Crippen LogP contribution in [0.15, 0.2) is 18.2 Å². The average Bonchev–Trinajstić information content (AvgIpc) is 2.17. The number of rotatable bonds is 3. The maximum absolute atomic E-state index is 12.9. The zero-order valence-electron chi connectivity index (χ0n) is 7.40. The molecule has 0 aliphatic rings. The maximum Gasteiger partial charge on any atom is 0.337 e. The van der Waals surface area contributed by atoms with Gasteiger partial charge in [-0.15, -0.1) is 0 Å². The van der Waals surface area contributed by atoms with E-state index >= 15 is 0 Å². The van der Waals surface area contributed by atoms with Crippen molar-refractivity contribution in [1.82, 2.24) is 0 Å². The molecule has 5 heteroatoms. The summed E-state index contributed by atoms with van der Waals surface area (Å²) < 4.78 is 17.5. The van der Waals surface area contributed by atoms with Crippen LogP contribution >= 0.6 is 0 Å². The lowest BCUT2D eigenvalue weighted by molar-refractivity contribution is -0.146. The van der Waals surface area contributed by atoms with Gasteiger partial charge >= 0.3 is 5.97 Å². The van der Waals surface area contributed by atoms with E-state index in [4.69, 9.17) is 10.2 Å². The van der Waals surface area contributed by atoms with Gasteiger partial charge < -0.3 is 14.9 Å². The number of benzene rings is 1. The van der Waals surface area contributed by atoms with Gasteiger partial charge in [0.15, 0.2) is 17.7 Å². The largest absolute Gasteiger partial charge is 0.494 e. The van der Waals surface area contributed by atoms with Gasteiger partial charge in [0.05, 0.1) is 7.11 Å². The van der Waals surface area contributed by atoms with E-state index in [1.54, 1.807) is 0 Å². The molecule has 0 aromatic heterocycles. The lowest BCUT2D eigenvalue weighted by atomic mass is 10.1. The van der Waals surface area contributed by atoms with Crippen LogP contribution in [-0.2, 0) is 4.79 Å². The number of aliphatic hydroxyl groups excluding tert-OH is 1. The number of methoxy groups -OCH3 is 1. The van der Waals surface area contributed by atoms with Gasteiger partial charge in [0, 0.05) is 0 Å². The second-order valence-corrected chi connectivity index (χ2v) is 2.63. The molecule has 0 saturated carbocycles. The summed E-state index contributed by atoms with van der Waals surface area (Å²) in [7, 11) is 1.26. The average molecular weight is 200 g/mol. The highest BCUT2D eigenvalue weighted by molar-refractivity contribution is 5.74. The van der Waals surface area contributed by atoms with E-state index in [0.29, 0.717) is 0 Å². The maximum atomic E-state index is 12.9. The predicted molar refractivity (Wildman–Crippen MR) is 45.5 cm³/mol. The summed E-state index contributed by atoms with van der Waals surface area (Å²) in [5.74, 6) is -2.09. The molecule has 4 nitrogen and oxygen atoms in total. The number of aliphatic carboxylic acids is 1. The third-order valence-electron chi connectivity index (χ3n) is 1.72. The van der Waals surface area contributed by atoms with Gasteiger partial charge in [0.1, 0.15) is 0 Å². The molecule has 0 unspecified atom stereocenters. The molecule has 0 bridgehead atoms. The molecule has 0 radical (unpaired) electrons. The molecule has 0 fully saturated rings. The van der Waals surface area contributed by atoms with Crippen LogP contribution in [0.2, 0.25) is 0 Å². The van der Waals surface area contributed by atoms with E-state index in [-0.39, 0.29) is 11.3 Å².